The van der Waals surface area contributed by atoms with Crippen LogP contribution in [-0.4, -0.2) is 43.1 Å². The van der Waals surface area contributed by atoms with E-state index < -0.39 is 12.3 Å². The largest absolute Gasteiger partial charge is 0.485 e. The molecule has 0 aliphatic carbocycles. The quantitative estimate of drug-likeness (QED) is 0.427. The summed E-state index contributed by atoms with van der Waals surface area (Å²) in [7, 11) is 3.05. The Hall–Kier alpha value is -2.51. The van der Waals surface area contributed by atoms with Crippen molar-refractivity contribution in [2.75, 3.05) is 20.8 Å². The Morgan fingerprint density at radius 2 is 2.17 bits per heavy atom. The van der Waals surface area contributed by atoms with E-state index in [-0.39, 0.29) is 12.2 Å². The van der Waals surface area contributed by atoms with Gasteiger partial charge in [-0.25, -0.2) is 4.79 Å². The molecule has 0 saturated carbocycles. The van der Waals surface area contributed by atoms with E-state index in [1.807, 2.05) is 0 Å². The summed E-state index contributed by atoms with van der Waals surface area (Å²) >= 11 is 0. The zero-order valence-corrected chi connectivity index (χ0v) is 13.4. The predicted octanol–water partition coefficient (Wildman–Crippen LogP) is 2.37. The first-order valence-corrected chi connectivity index (χ1v) is 6.77. The third-order valence-electron chi connectivity index (χ3n) is 2.87. The Labute approximate surface area is 134 Å². The van der Waals surface area contributed by atoms with E-state index in [0.717, 1.165) is 0 Å². The lowest BCUT2D eigenvalue weighted by Crippen LogP contribution is -2.09. The fraction of sp³-hybridized carbons (Fsp3) is 0.312. The number of rotatable bonds is 9. The van der Waals surface area contributed by atoms with E-state index in [2.05, 4.69) is 16.6 Å². The molecule has 7 heteroatoms. The van der Waals surface area contributed by atoms with Crippen molar-refractivity contribution in [2.24, 2.45) is 4.99 Å². The maximum atomic E-state index is 10.7. The molecule has 0 aliphatic heterocycles. The highest BCUT2D eigenvalue weighted by atomic mass is 16.7. The zero-order chi connectivity index (χ0) is 17.2. The molecule has 1 N–H and O–H groups in total. The second-order valence-electron chi connectivity index (χ2n) is 4.37. The van der Waals surface area contributed by atoms with Gasteiger partial charge < -0.3 is 19.3 Å². The second-order valence-corrected chi connectivity index (χ2v) is 4.37. The third kappa shape index (κ3) is 5.65. The number of aromatic nitrogens is 1. The van der Waals surface area contributed by atoms with Crippen molar-refractivity contribution < 1.29 is 24.1 Å². The van der Waals surface area contributed by atoms with Gasteiger partial charge in [-0.2, -0.15) is 0 Å². The molecule has 1 aromatic heterocycles. The lowest BCUT2D eigenvalue weighted by molar-refractivity contribution is -0.131. The van der Waals surface area contributed by atoms with Crippen LogP contribution in [0.15, 0.2) is 47.4 Å². The molecule has 0 fully saturated rings. The van der Waals surface area contributed by atoms with Gasteiger partial charge in [0.1, 0.15) is 12.4 Å². The highest BCUT2D eigenvalue weighted by Gasteiger charge is 2.15. The first-order valence-electron chi connectivity index (χ1n) is 6.77. The van der Waals surface area contributed by atoms with Gasteiger partial charge in [0, 0.05) is 26.6 Å². The Morgan fingerprint density at radius 3 is 2.74 bits per heavy atom. The topological polar surface area (TPSA) is 90.2 Å². The fourth-order valence-electron chi connectivity index (χ4n) is 1.62. The normalized spacial score (nSPS) is 11.9. The first-order chi connectivity index (χ1) is 11.0. The smallest absolute Gasteiger partial charge is 0.336 e. The van der Waals surface area contributed by atoms with Gasteiger partial charge in [0.25, 0.3) is 0 Å². The second kappa shape index (κ2) is 9.50. The van der Waals surface area contributed by atoms with Gasteiger partial charge in [-0.05, 0) is 13.0 Å². The van der Waals surface area contributed by atoms with E-state index in [4.69, 9.17) is 19.3 Å². The summed E-state index contributed by atoms with van der Waals surface area (Å²) in [6.45, 7) is 5.29. The number of methoxy groups -OCH3 is 2. The molecular formula is C16H20N2O5. The summed E-state index contributed by atoms with van der Waals surface area (Å²) in [5.41, 5.74) is 1.14. The number of ether oxygens (including phenoxy) is 3. The molecule has 1 heterocycles. The number of nitrogens with zero attached hydrogens (tertiary/aromatic N) is 2. The van der Waals surface area contributed by atoms with Gasteiger partial charge >= 0.3 is 5.97 Å². The number of hydrogen-bond acceptors (Lipinski definition) is 6. The number of aliphatic carboxylic acids is 1. The van der Waals surface area contributed by atoms with Gasteiger partial charge in [-0.15, -0.1) is 0 Å². The summed E-state index contributed by atoms with van der Waals surface area (Å²) in [4.78, 5) is 18.7. The van der Waals surface area contributed by atoms with Gasteiger partial charge in [-0.1, -0.05) is 12.7 Å². The summed E-state index contributed by atoms with van der Waals surface area (Å²) in [5, 5.41) is 8.75. The van der Waals surface area contributed by atoms with E-state index in [1.165, 1.54) is 20.4 Å². The summed E-state index contributed by atoms with van der Waals surface area (Å²) in [6, 6.07) is 1.73. The summed E-state index contributed by atoms with van der Waals surface area (Å²) < 4.78 is 16.1. The number of carbonyl (C=O) groups is 1. The molecular weight excluding hydrogens is 300 g/mol. The van der Waals surface area contributed by atoms with Crippen molar-refractivity contribution in [1.29, 1.82) is 0 Å². The summed E-state index contributed by atoms with van der Waals surface area (Å²) in [5.74, 6) is -0.629. The van der Waals surface area contributed by atoms with Crippen molar-refractivity contribution >= 4 is 12.2 Å². The van der Waals surface area contributed by atoms with E-state index in [0.29, 0.717) is 17.0 Å². The minimum atomic E-state index is -1.12. The Bertz CT molecular complexity index is 606. The molecule has 0 aromatic carbocycles. The van der Waals surface area contributed by atoms with Crippen LogP contribution in [0.5, 0.6) is 5.75 Å². The maximum absolute atomic E-state index is 10.7. The van der Waals surface area contributed by atoms with Crippen LogP contribution in [-0.2, 0) is 14.3 Å². The van der Waals surface area contributed by atoms with Crippen molar-refractivity contribution in [2.45, 2.75) is 13.2 Å². The third-order valence-corrected chi connectivity index (χ3v) is 2.87. The molecule has 0 bridgehead atoms. The first kappa shape index (κ1) is 18.5. The van der Waals surface area contributed by atoms with Crippen LogP contribution in [0.3, 0.4) is 0 Å². The van der Waals surface area contributed by atoms with Crippen molar-refractivity contribution in [1.82, 2.24) is 4.98 Å². The molecule has 0 aliphatic rings. The average Bonchev–Trinajstić information content (AvgIpc) is 2.56. The molecule has 0 spiro atoms. The minimum Gasteiger partial charge on any atom is -0.485 e. The molecule has 0 unspecified atom stereocenters. The standard InChI is InChI=1S/C16H20N2O5/c1-5-12(18-8-11(2)15(19)20)10-23-14-9-17-7-6-13(14)16(21-3)22-4/h5-9,16H,2,10H2,1,3-4H3,(H,19,20)/b12-5-,18-8?. The molecule has 1 aromatic rings. The predicted molar refractivity (Wildman–Crippen MR) is 85.5 cm³/mol. The van der Waals surface area contributed by atoms with Gasteiger partial charge in [0.15, 0.2) is 6.29 Å². The van der Waals surface area contributed by atoms with Crippen LogP contribution < -0.4 is 4.74 Å². The number of allylic oxidation sites excluding steroid dienone is 1. The van der Waals surface area contributed by atoms with Gasteiger partial charge in [-0.3, -0.25) is 9.98 Å². The lowest BCUT2D eigenvalue weighted by Gasteiger charge is -2.17. The lowest BCUT2D eigenvalue weighted by atomic mass is 10.2. The van der Waals surface area contributed by atoms with Crippen LogP contribution in [0.4, 0.5) is 0 Å². The Kier molecular flexibility index (Phi) is 7.65. The highest BCUT2D eigenvalue weighted by molar-refractivity contribution is 6.07. The van der Waals surface area contributed by atoms with E-state index in [9.17, 15) is 4.79 Å². The van der Waals surface area contributed by atoms with Crippen molar-refractivity contribution in [3.8, 4) is 5.75 Å². The number of pyridine rings is 1. The Morgan fingerprint density at radius 1 is 1.48 bits per heavy atom. The van der Waals surface area contributed by atoms with Gasteiger partial charge in [0.2, 0.25) is 0 Å². The highest BCUT2D eigenvalue weighted by Crippen LogP contribution is 2.27. The van der Waals surface area contributed by atoms with Crippen molar-refractivity contribution in [3.05, 3.63) is 47.9 Å². The van der Waals surface area contributed by atoms with Crippen LogP contribution in [0.1, 0.15) is 18.8 Å². The van der Waals surface area contributed by atoms with E-state index in [1.54, 1.807) is 31.5 Å². The molecule has 7 nitrogen and oxygen atoms in total. The average molecular weight is 320 g/mol. The number of aliphatic imine (C=N–C) groups is 1. The van der Waals surface area contributed by atoms with Crippen LogP contribution >= 0.6 is 0 Å². The van der Waals surface area contributed by atoms with Crippen molar-refractivity contribution in [3.63, 3.8) is 0 Å². The maximum Gasteiger partial charge on any atom is 0.336 e. The molecule has 0 radical (unpaired) electrons. The van der Waals surface area contributed by atoms with Crippen LogP contribution in [0.25, 0.3) is 0 Å². The summed E-state index contributed by atoms with van der Waals surface area (Å²) in [6.07, 6.45) is 5.48. The minimum absolute atomic E-state index is 0.106. The fourth-order valence-corrected chi connectivity index (χ4v) is 1.62. The van der Waals surface area contributed by atoms with Crippen LogP contribution in [0.2, 0.25) is 0 Å². The molecule has 0 amide bonds. The molecule has 1 rings (SSSR count). The molecule has 23 heavy (non-hydrogen) atoms. The number of carboxylic acid groups (broad SMARTS) is 1. The molecule has 0 saturated heterocycles. The monoisotopic (exact) mass is 320 g/mol. The van der Waals surface area contributed by atoms with E-state index >= 15 is 0 Å². The zero-order valence-electron chi connectivity index (χ0n) is 13.4. The molecule has 124 valence electrons. The van der Waals surface area contributed by atoms with Crippen LogP contribution in [0, 0.1) is 0 Å². The SMILES string of the molecule is C=C(C=N/C(=C\C)COc1cnccc1C(OC)OC)C(=O)O. The number of carboxylic acids is 1. The van der Waals surface area contributed by atoms with Gasteiger partial charge in [0.05, 0.1) is 23.0 Å². The number of hydrogen-bond donors (Lipinski definition) is 1. The molecule has 0 atom stereocenters. The Balaban J connectivity index is 2.81.